The number of hydrogen-bond donors (Lipinski definition) is 2. The van der Waals surface area contributed by atoms with Crippen LogP contribution < -0.4 is 5.32 Å². The number of alkyl carbamates (subject to hydrolysis) is 1. The first-order valence-corrected chi connectivity index (χ1v) is 11.2. The fourth-order valence-electron chi connectivity index (χ4n) is 4.51. The molecule has 0 atom stereocenters. The summed E-state index contributed by atoms with van der Waals surface area (Å²) in [6, 6.07) is 16.3. The Hall–Kier alpha value is -3.65. The molecule has 0 bridgehead atoms. The number of nitrogens with zero attached hydrogens (tertiary/aromatic N) is 1. The second kappa shape index (κ2) is 9.69. The van der Waals surface area contributed by atoms with Crippen LogP contribution in [0.1, 0.15) is 30.9 Å². The summed E-state index contributed by atoms with van der Waals surface area (Å²) in [5.74, 6) is -1.23. The Bertz CT molecular complexity index is 1090. The van der Waals surface area contributed by atoms with Crippen molar-refractivity contribution >= 4 is 18.0 Å². The van der Waals surface area contributed by atoms with Crippen LogP contribution in [0.15, 0.2) is 60.2 Å². The molecule has 2 aromatic carbocycles. The summed E-state index contributed by atoms with van der Waals surface area (Å²) >= 11 is 0. The van der Waals surface area contributed by atoms with Gasteiger partial charge in [-0.05, 0) is 36.1 Å². The molecule has 1 saturated heterocycles. The van der Waals surface area contributed by atoms with Crippen LogP contribution in [0.4, 0.5) is 4.79 Å². The lowest BCUT2D eigenvalue weighted by Gasteiger charge is -2.47. The minimum Gasteiger partial charge on any atom is -0.480 e. The molecule has 4 rings (SSSR count). The lowest BCUT2D eigenvalue weighted by molar-refractivity contribution is -0.171. The number of carboxylic acids is 1. The van der Waals surface area contributed by atoms with Gasteiger partial charge < -0.3 is 24.8 Å². The van der Waals surface area contributed by atoms with Crippen molar-refractivity contribution in [3.05, 3.63) is 71.3 Å². The van der Waals surface area contributed by atoms with Gasteiger partial charge in [-0.15, -0.1) is 0 Å². The van der Waals surface area contributed by atoms with E-state index < -0.39 is 24.3 Å². The molecule has 2 amide bonds. The van der Waals surface area contributed by atoms with E-state index in [2.05, 4.69) is 29.6 Å². The predicted octanol–water partition coefficient (Wildman–Crippen LogP) is 3.17. The molecule has 1 heterocycles. The van der Waals surface area contributed by atoms with Gasteiger partial charge >= 0.3 is 12.1 Å². The lowest BCUT2D eigenvalue weighted by Crippen LogP contribution is -2.63. The van der Waals surface area contributed by atoms with Crippen molar-refractivity contribution in [1.82, 2.24) is 10.2 Å². The summed E-state index contributed by atoms with van der Waals surface area (Å²) in [5.41, 5.74) is 4.46. The van der Waals surface area contributed by atoms with Crippen molar-refractivity contribution in [1.29, 1.82) is 0 Å². The maximum Gasteiger partial charge on any atom is 0.407 e. The average molecular weight is 465 g/mol. The van der Waals surface area contributed by atoms with Crippen LogP contribution in [0, 0.1) is 0 Å². The predicted molar refractivity (Wildman–Crippen MR) is 125 cm³/mol. The molecule has 8 heteroatoms. The van der Waals surface area contributed by atoms with Gasteiger partial charge in [-0.3, -0.25) is 4.79 Å². The third kappa shape index (κ3) is 4.97. The molecule has 1 aliphatic heterocycles. The zero-order chi connectivity index (χ0) is 24.3. The van der Waals surface area contributed by atoms with E-state index in [1.165, 1.54) is 11.1 Å². The third-order valence-corrected chi connectivity index (χ3v) is 6.22. The molecule has 8 nitrogen and oxygen atoms in total. The first-order chi connectivity index (χ1) is 16.3. The second-order valence-electron chi connectivity index (χ2n) is 8.89. The highest BCUT2D eigenvalue weighted by atomic mass is 16.5. The minimum atomic E-state index is -1.04. The van der Waals surface area contributed by atoms with Crippen molar-refractivity contribution in [2.45, 2.75) is 25.4 Å². The number of nitrogens with one attached hydrogen (secondary N) is 1. The standard InChI is InChI=1S/C26H28N2O6/c1-17(24(31)28-15-26(2,16-28)34-14-23(29)30)11-12-27-25(32)33-13-22-20-9-5-3-7-18(20)19-8-4-6-10-21(19)22/h3-11,22H,12-16H2,1-2H3,(H,27,32)(H,29,30)/b17-11+. The number of carbonyl (C=O) groups excluding carboxylic acids is 2. The highest BCUT2D eigenvalue weighted by Gasteiger charge is 2.42. The summed E-state index contributed by atoms with van der Waals surface area (Å²) in [5, 5.41) is 11.4. The molecule has 1 aliphatic carbocycles. The van der Waals surface area contributed by atoms with Crippen molar-refractivity contribution in [2.75, 3.05) is 32.8 Å². The maximum absolute atomic E-state index is 12.5. The lowest BCUT2D eigenvalue weighted by atomic mass is 9.95. The van der Waals surface area contributed by atoms with Gasteiger partial charge in [0.15, 0.2) is 0 Å². The number of rotatable bonds is 8. The number of likely N-dealkylation sites (tertiary alicyclic amines) is 1. The molecule has 0 unspecified atom stereocenters. The summed E-state index contributed by atoms with van der Waals surface area (Å²) in [6.07, 6.45) is 1.09. The zero-order valence-electron chi connectivity index (χ0n) is 19.2. The van der Waals surface area contributed by atoms with E-state index in [0.717, 1.165) is 11.1 Å². The minimum absolute atomic E-state index is 0.0129. The molecular weight excluding hydrogens is 436 g/mol. The van der Waals surface area contributed by atoms with Crippen LogP contribution >= 0.6 is 0 Å². The van der Waals surface area contributed by atoms with Gasteiger partial charge in [-0.2, -0.15) is 0 Å². The number of fused-ring (bicyclic) bond motifs is 3. The van der Waals surface area contributed by atoms with Crippen LogP contribution in [0.25, 0.3) is 11.1 Å². The Morgan fingerprint density at radius 3 is 2.26 bits per heavy atom. The Balaban J connectivity index is 1.24. The number of benzene rings is 2. The molecule has 2 N–H and O–H groups in total. The van der Waals surface area contributed by atoms with E-state index in [1.54, 1.807) is 24.8 Å². The first-order valence-electron chi connectivity index (χ1n) is 11.2. The molecule has 2 aromatic rings. The van der Waals surface area contributed by atoms with E-state index in [0.29, 0.717) is 18.7 Å². The Morgan fingerprint density at radius 1 is 1.09 bits per heavy atom. The topological polar surface area (TPSA) is 105 Å². The van der Waals surface area contributed by atoms with Gasteiger partial charge in [0.1, 0.15) is 18.8 Å². The molecular formula is C26H28N2O6. The average Bonchev–Trinajstić information content (AvgIpc) is 3.13. The van der Waals surface area contributed by atoms with Gasteiger partial charge in [-0.25, -0.2) is 9.59 Å². The molecule has 34 heavy (non-hydrogen) atoms. The van der Waals surface area contributed by atoms with Crippen molar-refractivity contribution in [2.24, 2.45) is 0 Å². The molecule has 0 aromatic heterocycles. The molecule has 0 radical (unpaired) electrons. The van der Waals surface area contributed by atoms with Crippen LogP contribution in [0.5, 0.6) is 0 Å². The molecule has 178 valence electrons. The Kier molecular flexibility index (Phi) is 6.70. The van der Waals surface area contributed by atoms with Gasteiger partial charge in [0.25, 0.3) is 0 Å². The number of aliphatic carboxylic acids is 1. The molecule has 0 saturated carbocycles. The summed E-state index contributed by atoms with van der Waals surface area (Å²) < 4.78 is 10.8. The summed E-state index contributed by atoms with van der Waals surface area (Å²) in [7, 11) is 0. The molecule has 2 aliphatic rings. The van der Waals surface area contributed by atoms with E-state index in [9.17, 15) is 14.4 Å². The Labute approximate surface area is 198 Å². The number of ether oxygens (including phenoxy) is 2. The van der Waals surface area contributed by atoms with Crippen LogP contribution in [-0.4, -0.2) is 66.4 Å². The van der Waals surface area contributed by atoms with Crippen LogP contribution in [-0.2, 0) is 19.1 Å². The van der Waals surface area contributed by atoms with E-state index in [4.69, 9.17) is 14.6 Å². The van der Waals surface area contributed by atoms with E-state index in [-0.39, 0.29) is 25.0 Å². The number of carbonyl (C=O) groups is 3. The Morgan fingerprint density at radius 2 is 1.68 bits per heavy atom. The molecule has 1 fully saturated rings. The first kappa shape index (κ1) is 23.5. The highest BCUT2D eigenvalue weighted by molar-refractivity contribution is 5.93. The number of amides is 2. The largest absolute Gasteiger partial charge is 0.480 e. The number of hydrogen-bond acceptors (Lipinski definition) is 5. The van der Waals surface area contributed by atoms with Gasteiger partial charge in [-0.1, -0.05) is 54.6 Å². The fraction of sp³-hybridized carbons (Fsp3) is 0.346. The summed E-state index contributed by atoms with van der Waals surface area (Å²) in [4.78, 5) is 37.0. The van der Waals surface area contributed by atoms with Gasteiger partial charge in [0.05, 0.1) is 13.1 Å². The zero-order valence-corrected chi connectivity index (χ0v) is 19.2. The SMILES string of the molecule is C/C(=C\CNC(=O)OCC1c2ccccc2-c2ccccc21)C(=O)N1CC(C)(OCC(=O)O)C1. The quantitative estimate of drug-likeness (QED) is 0.582. The summed E-state index contributed by atoms with van der Waals surface area (Å²) in [6.45, 7) is 4.09. The highest BCUT2D eigenvalue weighted by Crippen LogP contribution is 2.44. The van der Waals surface area contributed by atoms with Crippen LogP contribution in [0.3, 0.4) is 0 Å². The number of carboxylic acid groups (broad SMARTS) is 1. The maximum atomic E-state index is 12.5. The van der Waals surface area contributed by atoms with Crippen LogP contribution in [0.2, 0.25) is 0 Å². The van der Waals surface area contributed by atoms with E-state index in [1.807, 2.05) is 24.3 Å². The fourth-order valence-corrected chi connectivity index (χ4v) is 4.51. The monoisotopic (exact) mass is 464 g/mol. The van der Waals surface area contributed by atoms with Gasteiger partial charge in [0.2, 0.25) is 5.91 Å². The van der Waals surface area contributed by atoms with Crippen molar-refractivity contribution in [3.63, 3.8) is 0 Å². The molecule has 0 spiro atoms. The second-order valence-corrected chi connectivity index (χ2v) is 8.89. The third-order valence-electron chi connectivity index (χ3n) is 6.22. The van der Waals surface area contributed by atoms with Crippen molar-refractivity contribution in [3.8, 4) is 11.1 Å². The van der Waals surface area contributed by atoms with Gasteiger partial charge in [0, 0.05) is 18.0 Å². The smallest absolute Gasteiger partial charge is 0.407 e. The van der Waals surface area contributed by atoms with E-state index >= 15 is 0 Å². The van der Waals surface area contributed by atoms with Crippen molar-refractivity contribution < 1.29 is 29.0 Å². The normalized spacial score (nSPS) is 16.3.